The van der Waals surface area contributed by atoms with E-state index in [4.69, 9.17) is 0 Å². The summed E-state index contributed by atoms with van der Waals surface area (Å²) in [4.78, 5) is 25.8. The van der Waals surface area contributed by atoms with Gasteiger partial charge in [0.05, 0.1) is 5.56 Å². The molecule has 1 aromatic rings. The molecule has 1 aromatic heterocycles. The Morgan fingerprint density at radius 3 is 2.74 bits per heavy atom. The molecular formula is C14H20N2O2S. The molecule has 1 N–H and O–H groups in total. The second kappa shape index (κ2) is 6.70. The highest BCUT2D eigenvalue weighted by Crippen LogP contribution is 2.20. The number of nitrogens with one attached hydrogen (secondary N) is 1. The van der Waals surface area contributed by atoms with Crippen molar-refractivity contribution in [2.75, 3.05) is 19.6 Å². The van der Waals surface area contributed by atoms with E-state index in [-0.39, 0.29) is 17.7 Å². The fourth-order valence-electron chi connectivity index (χ4n) is 2.31. The highest BCUT2D eigenvalue weighted by molar-refractivity contribution is 7.08. The molecule has 0 bridgehead atoms. The van der Waals surface area contributed by atoms with Crippen LogP contribution in [-0.4, -0.2) is 36.3 Å². The summed E-state index contributed by atoms with van der Waals surface area (Å²) in [5, 5.41) is 6.73. The van der Waals surface area contributed by atoms with Crippen molar-refractivity contribution < 1.29 is 9.59 Å². The summed E-state index contributed by atoms with van der Waals surface area (Å²) in [7, 11) is 0. The highest BCUT2D eigenvalue weighted by atomic mass is 32.1. The zero-order chi connectivity index (χ0) is 13.7. The van der Waals surface area contributed by atoms with Crippen molar-refractivity contribution in [3.8, 4) is 0 Å². The molecule has 0 radical (unpaired) electrons. The standard InChI is InChI=1S/C14H20N2O2S/c1-2-6-15-13(17)11-3-7-16(8-4-11)14(18)12-5-9-19-10-12/h5,9-11H,2-4,6-8H2,1H3,(H,15,17). The normalized spacial score (nSPS) is 16.4. The molecule has 1 aliphatic heterocycles. The molecule has 2 heterocycles. The van der Waals surface area contributed by atoms with Crippen LogP contribution in [-0.2, 0) is 4.79 Å². The maximum atomic E-state index is 12.1. The summed E-state index contributed by atoms with van der Waals surface area (Å²) < 4.78 is 0. The molecule has 19 heavy (non-hydrogen) atoms. The van der Waals surface area contributed by atoms with Crippen molar-refractivity contribution in [1.29, 1.82) is 0 Å². The monoisotopic (exact) mass is 280 g/mol. The molecule has 1 aliphatic rings. The van der Waals surface area contributed by atoms with Gasteiger partial charge in [0.2, 0.25) is 5.91 Å². The minimum atomic E-state index is 0.0677. The van der Waals surface area contributed by atoms with E-state index in [1.165, 1.54) is 11.3 Å². The predicted molar refractivity (Wildman–Crippen MR) is 76.2 cm³/mol. The first-order valence-electron chi connectivity index (χ1n) is 6.81. The van der Waals surface area contributed by atoms with Crippen LogP contribution in [0.5, 0.6) is 0 Å². The Kier molecular flexibility index (Phi) is 4.96. The van der Waals surface area contributed by atoms with E-state index in [1.807, 2.05) is 28.7 Å². The van der Waals surface area contributed by atoms with Crippen LogP contribution in [0.2, 0.25) is 0 Å². The van der Waals surface area contributed by atoms with E-state index in [2.05, 4.69) is 5.32 Å². The van der Waals surface area contributed by atoms with E-state index in [0.717, 1.165) is 31.4 Å². The van der Waals surface area contributed by atoms with Crippen molar-refractivity contribution in [3.05, 3.63) is 22.4 Å². The predicted octanol–water partition coefficient (Wildman–Crippen LogP) is 2.13. The van der Waals surface area contributed by atoms with Gasteiger partial charge in [-0.2, -0.15) is 11.3 Å². The van der Waals surface area contributed by atoms with E-state index in [1.54, 1.807) is 0 Å². The summed E-state index contributed by atoms with van der Waals surface area (Å²) in [6, 6.07) is 1.85. The third-order valence-electron chi connectivity index (χ3n) is 3.47. The molecule has 1 saturated heterocycles. The average molecular weight is 280 g/mol. The Morgan fingerprint density at radius 1 is 1.42 bits per heavy atom. The Balaban J connectivity index is 1.82. The smallest absolute Gasteiger partial charge is 0.254 e. The minimum Gasteiger partial charge on any atom is -0.356 e. The van der Waals surface area contributed by atoms with Gasteiger partial charge in [0.15, 0.2) is 0 Å². The lowest BCUT2D eigenvalue weighted by Crippen LogP contribution is -2.43. The van der Waals surface area contributed by atoms with Crippen LogP contribution in [0.4, 0.5) is 0 Å². The second-order valence-electron chi connectivity index (χ2n) is 4.87. The van der Waals surface area contributed by atoms with Crippen LogP contribution >= 0.6 is 11.3 Å². The maximum absolute atomic E-state index is 12.1. The molecule has 0 aliphatic carbocycles. The van der Waals surface area contributed by atoms with Crippen LogP contribution in [0.25, 0.3) is 0 Å². The molecule has 4 nitrogen and oxygen atoms in total. The number of carbonyl (C=O) groups excluding carboxylic acids is 2. The van der Waals surface area contributed by atoms with Crippen LogP contribution in [0.15, 0.2) is 16.8 Å². The van der Waals surface area contributed by atoms with Gasteiger partial charge in [-0.3, -0.25) is 9.59 Å². The minimum absolute atomic E-state index is 0.0677. The lowest BCUT2D eigenvalue weighted by molar-refractivity contribution is -0.126. The number of piperidine rings is 1. The lowest BCUT2D eigenvalue weighted by Gasteiger charge is -2.31. The zero-order valence-corrected chi connectivity index (χ0v) is 12.0. The Labute approximate surface area is 117 Å². The number of carbonyl (C=O) groups is 2. The summed E-state index contributed by atoms with van der Waals surface area (Å²) in [6.45, 7) is 4.15. The molecule has 5 heteroatoms. The maximum Gasteiger partial charge on any atom is 0.254 e. The van der Waals surface area contributed by atoms with Crippen LogP contribution in [0, 0.1) is 5.92 Å². The molecule has 0 spiro atoms. The Bertz CT molecular complexity index is 423. The van der Waals surface area contributed by atoms with Gasteiger partial charge in [-0.1, -0.05) is 6.92 Å². The third-order valence-corrected chi connectivity index (χ3v) is 4.15. The van der Waals surface area contributed by atoms with Crippen molar-refractivity contribution in [2.24, 2.45) is 5.92 Å². The molecule has 0 aromatic carbocycles. The van der Waals surface area contributed by atoms with Crippen LogP contribution < -0.4 is 5.32 Å². The number of likely N-dealkylation sites (tertiary alicyclic amines) is 1. The largest absolute Gasteiger partial charge is 0.356 e. The summed E-state index contributed by atoms with van der Waals surface area (Å²) >= 11 is 1.53. The summed E-state index contributed by atoms with van der Waals surface area (Å²) in [5.41, 5.74) is 0.763. The topological polar surface area (TPSA) is 49.4 Å². The van der Waals surface area contributed by atoms with Crippen LogP contribution in [0.1, 0.15) is 36.5 Å². The summed E-state index contributed by atoms with van der Waals surface area (Å²) in [5.74, 6) is 0.302. The van der Waals surface area contributed by atoms with Gasteiger partial charge in [0.25, 0.3) is 5.91 Å². The van der Waals surface area contributed by atoms with Gasteiger partial charge in [-0.05, 0) is 30.7 Å². The van der Waals surface area contributed by atoms with Gasteiger partial charge in [-0.15, -0.1) is 0 Å². The second-order valence-corrected chi connectivity index (χ2v) is 5.65. The number of thiophene rings is 1. The van der Waals surface area contributed by atoms with E-state index in [9.17, 15) is 9.59 Å². The van der Waals surface area contributed by atoms with E-state index < -0.39 is 0 Å². The van der Waals surface area contributed by atoms with E-state index in [0.29, 0.717) is 13.1 Å². The first-order chi connectivity index (χ1) is 9.22. The van der Waals surface area contributed by atoms with Gasteiger partial charge in [0, 0.05) is 30.9 Å². The van der Waals surface area contributed by atoms with Gasteiger partial charge < -0.3 is 10.2 Å². The van der Waals surface area contributed by atoms with Gasteiger partial charge in [0.1, 0.15) is 0 Å². The molecular weight excluding hydrogens is 260 g/mol. The third kappa shape index (κ3) is 3.56. The van der Waals surface area contributed by atoms with Gasteiger partial charge >= 0.3 is 0 Å². The Morgan fingerprint density at radius 2 is 2.16 bits per heavy atom. The van der Waals surface area contributed by atoms with Gasteiger partial charge in [-0.25, -0.2) is 0 Å². The molecule has 104 valence electrons. The molecule has 0 atom stereocenters. The fraction of sp³-hybridized carbons (Fsp3) is 0.571. The van der Waals surface area contributed by atoms with Crippen molar-refractivity contribution in [1.82, 2.24) is 10.2 Å². The van der Waals surface area contributed by atoms with Crippen molar-refractivity contribution >= 4 is 23.2 Å². The number of hydrogen-bond acceptors (Lipinski definition) is 3. The SMILES string of the molecule is CCCNC(=O)C1CCN(C(=O)c2ccsc2)CC1. The van der Waals surface area contributed by atoms with E-state index >= 15 is 0 Å². The molecule has 1 fully saturated rings. The van der Waals surface area contributed by atoms with Crippen molar-refractivity contribution in [3.63, 3.8) is 0 Å². The quantitative estimate of drug-likeness (QED) is 0.918. The number of hydrogen-bond donors (Lipinski definition) is 1. The number of rotatable bonds is 4. The molecule has 0 saturated carbocycles. The first-order valence-corrected chi connectivity index (χ1v) is 7.76. The highest BCUT2D eigenvalue weighted by Gasteiger charge is 2.27. The fourth-order valence-corrected chi connectivity index (χ4v) is 2.94. The first kappa shape index (κ1) is 14.1. The molecule has 2 rings (SSSR count). The van der Waals surface area contributed by atoms with Crippen molar-refractivity contribution in [2.45, 2.75) is 26.2 Å². The average Bonchev–Trinajstić information content (AvgIpc) is 2.98. The molecule has 0 unspecified atom stereocenters. The summed E-state index contributed by atoms with van der Waals surface area (Å²) in [6.07, 6.45) is 2.50. The number of amides is 2. The number of nitrogens with zero attached hydrogens (tertiary/aromatic N) is 1. The van der Waals surface area contributed by atoms with Crippen LogP contribution in [0.3, 0.4) is 0 Å². The molecule has 2 amide bonds. The lowest BCUT2D eigenvalue weighted by atomic mass is 9.95. The zero-order valence-electron chi connectivity index (χ0n) is 11.2. The Hall–Kier alpha value is -1.36.